The van der Waals surface area contributed by atoms with E-state index in [1.165, 1.54) is 0 Å². The molecule has 0 radical (unpaired) electrons. The van der Waals surface area contributed by atoms with Gasteiger partial charge in [-0.2, -0.15) is 0 Å². The average Bonchev–Trinajstić information content (AvgIpc) is 3.07. The normalized spacial score (nSPS) is 46.9. The molecule has 4 aliphatic rings. The Balaban J connectivity index is 1.79. The minimum atomic E-state index is -0.842. The van der Waals surface area contributed by atoms with Gasteiger partial charge in [-0.3, -0.25) is 14.8 Å². The Morgan fingerprint density at radius 1 is 1.29 bits per heavy atom. The third-order valence-corrected chi connectivity index (χ3v) is 8.36. The summed E-state index contributed by atoms with van der Waals surface area (Å²) in [5.41, 5.74) is -0.778. The average molecular weight is 437 g/mol. The summed E-state index contributed by atoms with van der Waals surface area (Å²) in [5.74, 6) is -0.558. The van der Waals surface area contributed by atoms with E-state index in [2.05, 4.69) is 6.58 Å². The van der Waals surface area contributed by atoms with Crippen molar-refractivity contribution in [2.24, 2.45) is 23.7 Å². The van der Waals surface area contributed by atoms with Crippen LogP contribution in [0, 0.1) is 23.7 Å². The Hall–Kier alpha value is -1.44. The number of hydrogen-bond acceptors (Lipinski definition) is 7. The van der Waals surface area contributed by atoms with E-state index in [0.717, 1.165) is 18.4 Å². The molecule has 2 bridgehead atoms. The second-order valence-electron chi connectivity index (χ2n) is 10.5. The molecule has 1 aliphatic carbocycles. The summed E-state index contributed by atoms with van der Waals surface area (Å²) in [4.78, 5) is 30.3. The lowest BCUT2D eigenvalue weighted by molar-refractivity contribution is -0.272. The predicted octanol–water partition coefficient (Wildman–Crippen LogP) is 4.05. The Kier molecular flexibility index (Phi) is 5.99. The highest BCUT2D eigenvalue weighted by Crippen LogP contribution is 2.59. The van der Waals surface area contributed by atoms with Crippen LogP contribution in [0.4, 0.5) is 0 Å². The largest absolute Gasteiger partial charge is 0.459 e. The van der Waals surface area contributed by atoms with Crippen LogP contribution in [-0.2, 0) is 28.7 Å². The van der Waals surface area contributed by atoms with Gasteiger partial charge < -0.3 is 14.2 Å². The second-order valence-corrected chi connectivity index (χ2v) is 10.5. The van der Waals surface area contributed by atoms with Crippen LogP contribution in [0.3, 0.4) is 0 Å². The summed E-state index contributed by atoms with van der Waals surface area (Å²) in [6, 6.07) is 0. The van der Waals surface area contributed by atoms with Crippen molar-refractivity contribution in [2.45, 2.75) is 102 Å². The van der Waals surface area contributed by atoms with Gasteiger partial charge in [-0.15, -0.1) is 0 Å². The Bertz CT molecular complexity index is 750. The van der Waals surface area contributed by atoms with E-state index >= 15 is 0 Å². The molecule has 0 aromatic carbocycles. The van der Waals surface area contributed by atoms with Crippen molar-refractivity contribution in [1.82, 2.24) is 0 Å². The van der Waals surface area contributed by atoms with E-state index < -0.39 is 17.3 Å². The van der Waals surface area contributed by atoms with E-state index in [-0.39, 0.29) is 47.8 Å². The summed E-state index contributed by atoms with van der Waals surface area (Å²) >= 11 is 0. The van der Waals surface area contributed by atoms with Gasteiger partial charge in [0.2, 0.25) is 0 Å². The number of fused-ring (bicyclic) bond motifs is 2. The first kappa shape index (κ1) is 22.7. The quantitative estimate of drug-likeness (QED) is 0.308. The number of esters is 2. The second kappa shape index (κ2) is 8.16. The van der Waals surface area contributed by atoms with Gasteiger partial charge in [-0.25, -0.2) is 4.89 Å². The fourth-order valence-electron chi connectivity index (χ4n) is 6.73. The van der Waals surface area contributed by atoms with E-state index in [9.17, 15) is 14.8 Å². The van der Waals surface area contributed by atoms with Crippen LogP contribution in [0.1, 0.15) is 72.6 Å². The van der Waals surface area contributed by atoms with Crippen LogP contribution in [0.15, 0.2) is 12.2 Å². The van der Waals surface area contributed by atoms with Crippen molar-refractivity contribution in [3.8, 4) is 0 Å². The van der Waals surface area contributed by atoms with Crippen LogP contribution >= 0.6 is 0 Å². The number of ether oxygens (including phenoxy) is 3. The van der Waals surface area contributed by atoms with Crippen LogP contribution in [0.5, 0.6) is 0 Å². The number of hydrogen-bond donors (Lipinski definition) is 1. The van der Waals surface area contributed by atoms with Crippen molar-refractivity contribution in [3.05, 3.63) is 12.2 Å². The van der Waals surface area contributed by atoms with Gasteiger partial charge in [0.15, 0.2) is 0 Å². The molecule has 9 atom stereocenters. The van der Waals surface area contributed by atoms with E-state index in [0.29, 0.717) is 32.1 Å². The highest BCUT2D eigenvalue weighted by Gasteiger charge is 2.66. The molecule has 1 saturated carbocycles. The molecule has 1 N–H and O–H groups in total. The summed E-state index contributed by atoms with van der Waals surface area (Å²) in [6.07, 6.45) is 2.99. The molecular weight excluding hydrogens is 400 g/mol. The Labute approximate surface area is 184 Å². The third-order valence-electron chi connectivity index (χ3n) is 8.36. The summed E-state index contributed by atoms with van der Waals surface area (Å²) in [6.45, 7) is 12.0. The molecule has 3 saturated heterocycles. The SMILES string of the molecule is C=C1CC2OC3[C@H]4C(CC[C@@](C)(OC(=O)CCC)[C@@H]24)[C@@H](C)C(=O)O[C@@]3(C)CC[C@H]1OO. The molecule has 3 unspecified atom stereocenters. The molecular formula is C24H36O7. The van der Waals surface area contributed by atoms with Crippen molar-refractivity contribution in [3.63, 3.8) is 0 Å². The van der Waals surface area contributed by atoms with Crippen LogP contribution in [-0.4, -0.2) is 46.7 Å². The topological polar surface area (TPSA) is 91.3 Å². The smallest absolute Gasteiger partial charge is 0.309 e. The van der Waals surface area contributed by atoms with Gasteiger partial charge in [-0.1, -0.05) is 20.4 Å². The van der Waals surface area contributed by atoms with E-state index in [4.69, 9.17) is 19.1 Å². The molecule has 0 amide bonds. The molecule has 7 heteroatoms. The van der Waals surface area contributed by atoms with Crippen molar-refractivity contribution in [2.75, 3.05) is 0 Å². The first-order valence-electron chi connectivity index (χ1n) is 11.7. The van der Waals surface area contributed by atoms with Gasteiger partial charge >= 0.3 is 11.9 Å². The zero-order valence-corrected chi connectivity index (χ0v) is 19.1. The van der Waals surface area contributed by atoms with E-state index in [1.807, 2.05) is 27.7 Å². The molecule has 7 nitrogen and oxygen atoms in total. The fourth-order valence-corrected chi connectivity index (χ4v) is 6.73. The molecule has 4 fully saturated rings. The van der Waals surface area contributed by atoms with Gasteiger partial charge in [0, 0.05) is 18.3 Å². The molecule has 4 rings (SSSR count). The molecule has 0 aromatic rings. The maximum Gasteiger partial charge on any atom is 0.309 e. The minimum Gasteiger partial charge on any atom is -0.459 e. The summed E-state index contributed by atoms with van der Waals surface area (Å²) in [7, 11) is 0. The van der Waals surface area contributed by atoms with Gasteiger partial charge in [0.05, 0.1) is 12.0 Å². The molecule has 3 aliphatic heterocycles. The maximum absolute atomic E-state index is 13.0. The zero-order valence-electron chi connectivity index (χ0n) is 19.1. The van der Waals surface area contributed by atoms with Crippen LogP contribution in [0.2, 0.25) is 0 Å². The van der Waals surface area contributed by atoms with Crippen molar-refractivity contribution < 1.29 is 33.9 Å². The van der Waals surface area contributed by atoms with Crippen molar-refractivity contribution >= 4 is 11.9 Å². The third kappa shape index (κ3) is 3.72. The zero-order chi connectivity index (χ0) is 22.6. The standard InChI is InChI=1S/C24H36O7/c1-6-7-18(25)29-23(4)10-8-15-14(3)22(26)30-24(5)11-9-16(31-27)13(2)12-17-20(23)19(15)21(24)28-17/h14-17,19-21,27H,2,6-12H2,1,3-5H3/t14-,15?,16-,17?,19+,20+,21?,23-,24+/m1/s1. The lowest BCUT2D eigenvalue weighted by Gasteiger charge is -2.48. The summed E-state index contributed by atoms with van der Waals surface area (Å²) < 4.78 is 18.9. The lowest BCUT2D eigenvalue weighted by Crippen LogP contribution is -2.55. The van der Waals surface area contributed by atoms with Gasteiger partial charge in [-0.05, 0) is 63.9 Å². The Morgan fingerprint density at radius 2 is 2.03 bits per heavy atom. The minimum absolute atomic E-state index is 0.0454. The first-order valence-corrected chi connectivity index (χ1v) is 11.7. The lowest BCUT2D eigenvalue weighted by atomic mass is 9.58. The van der Waals surface area contributed by atoms with Crippen LogP contribution < -0.4 is 0 Å². The molecule has 31 heavy (non-hydrogen) atoms. The van der Waals surface area contributed by atoms with E-state index in [1.54, 1.807) is 0 Å². The van der Waals surface area contributed by atoms with Crippen molar-refractivity contribution in [1.29, 1.82) is 0 Å². The summed E-state index contributed by atoms with van der Waals surface area (Å²) in [5, 5.41) is 9.48. The number of carbonyl (C=O) groups is 2. The molecule has 3 heterocycles. The highest BCUT2D eigenvalue weighted by atomic mass is 17.1. The predicted molar refractivity (Wildman–Crippen MR) is 112 cm³/mol. The fraction of sp³-hybridized carbons (Fsp3) is 0.833. The maximum atomic E-state index is 13.0. The van der Waals surface area contributed by atoms with Gasteiger partial charge in [0.25, 0.3) is 0 Å². The van der Waals surface area contributed by atoms with Gasteiger partial charge in [0.1, 0.15) is 23.4 Å². The first-order chi connectivity index (χ1) is 14.6. The van der Waals surface area contributed by atoms with Crippen LogP contribution in [0.25, 0.3) is 0 Å². The molecule has 174 valence electrons. The molecule has 0 spiro atoms. The molecule has 0 aromatic heterocycles. The number of rotatable bonds is 4. The monoisotopic (exact) mass is 436 g/mol. The highest BCUT2D eigenvalue weighted by molar-refractivity contribution is 5.73. The number of carbonyl (C=O) groups excluding carboxylic acids is 2. The Morgan fingerprint density at radius 3 is 2.71 bits per heavy atom.